The summed E-state index contributed by atoms with van der Waals surface area (Å²) in [4.78, 5) is 14.0. The lowest BCUT2D eigenvalue weighted by atomic mass is 10.0. The molecule has 118 valence electrons. The summed E-state index contributed by atoms with van der Waals surface area (Å²) in [6.07, 6.45) is -0.0172. The number of aryl methyl sites for hydroxylation is 1. The van der Waals surface area contributed by atoms with Crippen molar-refractivity contribution in [1.82, 2.24) is 4.90 Å². The molecule has 0 aliphatic rings. The summed E-state index contributed by atoms with van der Waals surface area (Å²) >= 11 is 0. The van der Waals surface area contributed by atoms with E-state index in [2.05, 4.69) is 0 Å². The Morgan fingerprint density at radius 2 is 1.86 bits per heavy atom. The van der Waals surface area contributed by atoms with Gasteiger partial charge in [0.15, 0.2) is 0 Å². The molecule has 1 amide bonds. The smallest absolute Gasteiger partial charge is 0.239 e. The van der Waals surface area contributed by atoms with Crippen LogP contribution >= 0.6 is 0 Å². The number of hydrogen-bond donors (Lipinski definition) is 2. The van der Waals surface area contributed by atoms with Crippen LogP contribution in [0.4, 0.5) is 0 Å². The first-order valence-electron chi connectivity index (χ1n) is 7.64. The fourth-order valence-electron chi connectivity index (χ4n) is 2.32. The number of aliphatic hydroxyl groups excluding tert-OH is 1. The molecule has 0 bridgehead atoms. The van der Waals surface area contributed by atoms with Gasteiger partial charge in [0.1, 0.15) is 0 Å². The Balaban J connectivity index is 2.68. The van der Waals surface area contributed by atoms with Crippen molar-refractivity contribution in [2.24, 2.45) is 11.7 Å². The largest absolute Gasteiger partial charge is 0.387 e. The van der Waals surface area contributed by atoms with Crippen LogP contribution in [0.3, 0.4) is 0 Å². The molecule has 0 spiro atoms. The van der Waals surface area contributed by atoms with E-state index in [1.165, 1.54) is 0 Å². The van der Waals surface area contributed by atoms with Crippen LogP contribution in [0.25, 0.3) is 0 Å². The number of carbonyl (C=O) groups excluding carboxylic acids is 1. The lowest BCUT2D eigenvalue weighted by Crippen LogP contribution is -2.45. The summed E-state index contributed by atoms with van der Waals surface area (Å²) in [5.41, 5.74) is 7.93. The van der Waals surface area contributed by atoms with Gasteiger partial charge >= 0.3 is 0 Å². The Morgan fingerprint density at radius 1 is 1.29 bits per heavy atom. The third-order valence-corrected chi connectivity index (χ3v) is 3.59. The minimum atomic E-state index is -0.680. The molecule has 2 atom stereocenters. The molecule has 0 saturated heterocycles. The Bertz CT molecular complexity index is 443. The fourth-order valence-corrected chi connectivity index (χ4v) is 2.32. The fraction of sp³-hybridized carbons (Fsp3) is 0.588. The van der Waals surface area contributed by atoms with Gasteiger partial charge in [-0.05, 0) is 31.7 Å². The van der Waals surface area contributed by atoms with E-state index < -0.39 is 12.1 Å². The van der Waals surface area contributed by atoms with Gasteiger partial charge in [-0.25, -0.2) is 0 Å². The minimum Gasteiger partial charge on any atom is -0.387 e. The molecular formula is C17H28N2O2. The van der Waals surface area contributed by atoms with Crippen molar-refractivity contribution in [3.05, 3.63) is 35.4 Å². The van der Waals surface area contributed by atoms with Crippen molar-refractivity contribution in [2.45, 2.75) is 46.3 Å². The summed E-state index contributed by atoms with van der Waals surface area (Å²) in [6, 6.07) is 7.22. The van der Waals surface area contributed by atoms with Crippen LogP contribution in [0.15, 0.2) is 24.3 Å². The van der Waals surface area contributed by atoms with Crippen molar-refractivity contribution in [3.8, 4) is 0 Å². The van der Waals surface area contributed by atoms with Gasteiger partial charge < -0.3 is 15.7 Å². The molecule has 0 aliphatic heterocycles. The molecule has 0 heterocycles. The van der Waals surface area contributed by atoms with Crippen LogP contribution in [-0.4, -0.2) is 35.0 Å². The molecule has 0 fully saturated rings. The van der Waals surface area contributed by atoms with Gasteiger partial charge in [-0.1, -0.05) is 43.7 Å². The average Bonchev–Trinajstić information content (AvgIpc) is 2.43. The van der Waals surface area contributed by atoms with Crippen LogP contribution in [-0.2, 0) is 4.79 Å². The maximum Gasteiger partial charge on any atom is 0.239 e. The van der Waals surface area contributed by atoms with E-state index in [1.54, 1.807) is 4.90 Å². The molecule has 1 aromatic carbocycles. The average molecular weight is 292 g/mol. The first-order chi connectivity index (χ1) is 9.85. The van der Waals surface area contributed by atoms with E-state index in [1.807, 2.05) is 52.0 Å². The molecule has 1 aromatic rings. The first-order valence-corrected chi connectivity index (χ1v) is 7.64. The van der Waals surface area contributed by atoms with E-state index in [9.17, 15) is 9.90 Å². The summed E-state index contributed by atoms with van der Waals surface area (Å²) in [7, 11) is 0. The molecule has 4 nitrogen and oxygen atoms in total. The summed E-state index contributed by atoms with van der Waals surface area (Å²) in [5, 5.41) is 10.3. The van der Waals surface area contributed by atoms with E-state index in [0.717, 1.165) is 11.1 Å². The van der Waals surface area contributed by atoms with E-state index in [-0.39, 0.29) is 12.5 Å². The van der Waals surface area contributed by atoms with Crippen LogP contribution in [0.1, 0.15) is 44.4 Å². The van der Waals surface area contributed by atoms with Crippen LogP contribution in [0.2, 0.25) is 0 Å². The number of carbonyl (C=O) groups is 1. The number of benzene rings is 1. The second kappa shape index (κ2) is 8.15. The third kappa shape index (κ3) is 5.48. The first kappa shape index (κ1) is 17.7. The zero-order chi connectivity index (χ0) is 16.0. The number of aliphatic hydroxyl groups is 1. The molecule has 0 aromatic heterocycles. The molecule has 2 unspecified atom stereocenters. The highest BCUT2D eigenvalue weighted by molar-refractivity contribution is 5.81. The molecule has 3 N–H and O–H groups in total. The Hall–Kier alpha value is -1.39. The SMILES string of the molecule is CCN(CC(O)c1ccc(C)cc1)C(=O)C(N)CC(C)C. The van der Waals surface area contributed by atoms with Gasteiger partial charge in [0, 0.05) is 6.54 Å². The van der Waals surface area contributed by atoms with Gasteiger partial charge in [0.05, 0.1) is 18.7 Å². The Kier molecular flexibility index (Phi) is 6.85. The summed E-state index contributed by atoms with van der Waals surface area (Å²) in [5.74, 6) is 0.294. The predicted octanol–water partition coefficient (Wildman–Crippen LogP) is 2.25. The molecular weight excluding hydrogens is 264 g/mol. The molecule has 0 aliphatic carbocycles. The highest BCUT2D eigenvalue weighted by atomic mass is 16.3. The third-order valence-electron chi connectivity index (χ3n) is 3.59. The number of nitrogens with two attached hydrogens (primary N) is 1. The van der Waals surface area contributed by atoms with Gasteiger partial charge in [-0.2, -0.15) is 0 Å². The van der Waals surface area contributed by atoms with Crippen molar-refractivity contribution < 1.29 is 9.90 Å². The predicted molar refractivity (Wildman–Crippen MR) is 85.8 cm³/mol. The van der Waals surface area contributed by atoms with Crippen molar-refractivity contribution in [3.63, 3.8) is 0 Å². The number of hydrogen-bond acceptors (Lipinski definition) is 3. The summed E-state index contributed by atoms with van der Waals surface area (Å²) < 4.78 is 0. The van der Waals surface area contributed by atoms with Crippen molar-refractivity contribution in [2.75, 3.05) is 13.1 Å². The maximum atomic E-state index is 12.3. The lowest BCUT2D eigenvalue weighted by Gasteiger charge is -2.27. The standard InChI is InChI=1S/C17H28N2O2/c1-5-19(17(21)15(18)10-12(2)3)11-16(20)14-8-6-13(4)7-9-14/h6-9,12,15-16,20H,5,10-11,18H2,1-4H3. The van der Waals surface area contributed by atoms with Crippen molar-refractivity contribution in [1.29, 1.82) is 0 Å². The van der Waals surface area contributed by atoms with Gasteiger partial charge in [0.2, 0.25) is 5.91 Å². The Labute approximate surface area is 128 Å². The zero-order valence-electron chi connectivity index (χ0n) is 13.5. The second-order valence-corrected chi connectivity index (χ2v) is 6.04. The maximum absolute atomic E-state index is 12.3. The monoisotopic (exact) mass is 292 g/mol. The van der Waals surface area contributed by atoms with Gasteiger partial charge in [-0.15, -0.1) is 0 Å². The number of nitrogens with zero attached hydrogens (tertiary/aromatic N) is 1. The topological polar surface area (TPSA) is 66.6 Å². The molecule has 1 rings (SSSR count). The number of likely N-dealkylation sites (N-methyl/N-ethyl adjacent to an activating group) is 1. The van der Waals surface area contributed by atoms with Crippen LogP contribution < -0.4 is 5.73 Å². The minimum absolute atomic E-state index is 0.0858. The van der Waals surface area contributed by atoms with Crippen LogP contribution in [0, 0.1) is 12.8 Å². The van der Waals surface area contributed by atoms with E-state index in [0.29, 0.717) is 18.9 Å². The summed E-state index contributed by atoms with van der Waals surface area (Å²) in [6.45, 7) is 8.83. The molecule has 4 heteroatoms. The second-order valence-electron chi connectivity index (χ2n) is 6.04. The van der Waals surface area contributed by atoms with Crippen molar-refractivity contribution >= 4 is 5.91 Å². The molecule has 0 radical (unpaired) electrons. The van der Waals surface area contributed by atoms with Gasteiger partial charge in [0.25, 0.3) is 0 Å². The molecule has 21 heavy (non-hydrogen) atoms. The van der Waals surface area contributed by atoms with E-state index >= 15 is 0 Å². The highest BCUT2D eigenvalue weighted by Crippen LogP contribution is 2.16. The molecule has 0 saturated carbocycles. The van der Waals surface area contributed by atoms with Crippen LogP contribution in [0.5, 0.6) is 0 Å². The number of rotatable bonds is 7. The quantitative estimate of drug-likeness (QED) is 0.810. The zero-order valence-corrected chi connectivity index (χ0v) is 13.5. The lowest BCUT2D eigenvalue weighted by molar-refractivity contribution is -0.134. The Morgan fingerprint density at radius 3 is 2.33 bits per heavy atom. The highest BCUT2D eigenvalue weighted by Gasteiger charge is 2.23. The van der Waals surface area contributed by atoms with E-state index in [4.69, 9.17) is 5.73 Å². The van der Waals surface area contributed by atoms with Gasteiger partial charge in [-0.3, -0.25) is 4.79 Å². The normalized spacial score (nSPS) is 14.0. The number of amides is 1.